The Hall–Kier alpha value is -0.650. The Morgan fingerprint density at radius 1 is 1.30 bits per heavy atom. The van der Waals surface area contributed by atoms with Gasteiger partial charge >= 0.3 is 0 Å². The lowest BCUT2D eigenvalue weighted by Gasteiger charge is -2.35. The monoisotopic (exact) mass is 284 g/mol. The van der Waals surface area contributed by atoms with E-state index in [0.717, 1.165) is 45.1 Å². The van der Waals surface area contributed by atoms with Gasteiger partial charge in [0.2, 0.25) is 5.91 Å². The van der Waals surface area contributed by atoms with Crippen molar-refractivity contribution in [1.82, 2.24) is 5.32 Å². The molecule has 5 heteroatoms. The van der Waals surface area contributed by atoms with E-state index in [1.807, 2.05) is 6.92 Å². The molecule has 2 fully saturated rings. The third-order valence-electron chi connectivity index (χ3n) is 4.66. The van der Waals surface area contributed by atoms with E-state index in [4.69, 9.17) is 15.2 Å². The van der Waals surface area contributed by atoms with E-state index < -0.39 is 5.54 Å². The summed E-state index contributed by atoms with van der Waals surface area (Å²) >= 11 is 0. The molecule has 20 heavy (non-hydrogen) atoms. The average molecular weight is 284 g/mol. The summed E-state index contributed by atoms with van der Waals surface area (Å²) in [6.45, 7) is 3.12. The number of methoxy groups -OCH3 is 1. The van der Waals surface area contributed by atoms with Gasteiger partial charge in [-0.3, -0.25) is 4.79 Å². The van der Waals surface area contributed by atoms with Crippen molar-refractivity contribution in [1.29, 1.82) is 0 Å². The zero-order chi connectivity index (χ0) is 14.6. The molecule has 0 aliphatic heterocycles. The van der Waals surface area contributed by atoms with E-state index in [1.54, 1.807) is 7.11 Å². The summed E-state index contributed by atoms with van der Waals surface area (Å²) in [5.41, 5.74) is 4.99. The number of nitrogens with one attached hydrogen (secondary N) is 1. The van der Waals surface area contributed by atoms with Gasteiger partial charge in [0.25, 0.3) is 0 Å². The van der Waals surface area contributed by atoms with E-state index in [-0.39, 0.29) is 18.1 Å². The topological polar surface area (TPSA) is 73.6 Å². The molecule has 0 aromatic rings. The molecule has 116 valence electrons. The number of carbonyl (C=O) groups excluding carboxylic acids is 1. The fraction of sp³-hybridized carbons (Fsp3) is 0.933. The quantitative estimate of drug-likeness (QED) is 0.702. The SMILES string of the molecule is CCNC(COC1CCCC(OC)C1)(C(N)=O)C1CC1. The largest absolute Gasteiger partial charge is 0.381 e. The fourth-order valence-corrected chi connectivity index (χ4v) is 3.28. The maximum atomic E-state index is 11.9. The Kier molecular flexibility index (Phi) is 5.41. The predicted molar refractivity (Wildman–Crippen MR) is 77.3 cm³/mol. The Morgan fingerprint density at radius 3 is 2.55 bits per heavy atom. The smallest absolute Gasteiger partial charge is 0.240 e. The minimum absolute atomic E-state index is 0.185. The maximum Gasteiger partial charge on any atom is 0.240 e. The van der Waals surface area contributed by atoms with Crippen LogP contribution in [0.5, 0.6) is 0 Å². The zero-order valence-electron chi connectivity index (χ0n) is 12.7. The molecule has 3 unspecified atom stereocenters. The summed E-state index contributed by atoms with van der Waals surface area (Å²) in [5.74, 6) is 0.0581. The molecule has 0 heterocycles. The number of amides is 1. The van der Waals surface area contributed by atoms with E-state index in [2.05, 4.69) is 5.32 Å². The molecule has 0 radical (unpaired) electrons. The van der Waals surface area contributed by atoms with Crippen LogP contribution in [0.2, 0.25) is 0 Å². The number of likely N-dealkylation sites (N-methyl/N-ethyl adjacent to an activating group) is 1. The van der Waals surface area contributed by atoms with Gasteiger partial charge in [-0.05, 0) is 51.0 Å². The second-order valence-electron chi connectivity index (χ2n) is 6.10. The molecule has 0 aromatic heterocycles. The second kappa shape index (κ2) is 6.87. The van der Waals surface area contributed by atoms with Gasteiger partial charge in [0.1, 0.15) is 5.54 Å². The first kappa shape index (κ1) is 15.7. The van der Waals surface area contributed by atoms with E-state index >= 15 is 0 Å². The molecule has 0 spiro atoms. The van der Waals surface area contributed by atoms with Crippen molar-refractivity contribution in [3.05, 3.63) is 0 Å². The van der Waals surface area contributed by atoms with Crippen LogP contribution in [0.1, 0.15) is 45.4 Å². The van der Waals surface area contributed by atoms with Gasteiger partial charge in [-0.1, -0.05) is 6.92 Å². The number of hydrogen-bond acceptors (Lipinski definition) is 4. The minimum atomic E-state index is -0.672. The summed E-state index contributed by atoms with van der Waals surface area (Å²) in [7, 11) is 1.75. The first-order valence-corrected chi connectivity index (χ1v) is 7.81. The van der Waals surface area contributed by atoms with Gasteiger partial charge in [-0.2, -0.15) is 0 Å². The Labute approximate surface area is 121 Å². The third-order valence-corrected chi connectivity index (χ3v) is 4.66. The highest BCUT2D eigenvalue weighted by Crippen LogP contribution is 2.40. The van der Waals surface area contributed by atoms with Crippen LogP contribution in [-0.4, -0.2) is 43.9 Å². The predicted octanol–water partition coefficient (Wildman–Crippen LogP) is 1.20. The summed E-state index contributed by atoms with van der Waals surface area (Å²) in [5, 5.41) is 3.29. The number of hydrogen-bond donors (Lipinski definition) is 2. The van der Waals surface area contributed by atoms with Gasteiger partial charge in [0, 0.05) is 7.11 Å². The van der Waals surface area contributed by atoms with Gasteiger partial charge in [0.15, 0.2) is 0 Å². The first-order chi connectivity index (χ1) is 9.62. The average Bonchev–Trinajstić information content (AvgIpc) is 3.28. The van der Waals surface area contributed by atoms with Crippen molar-refractivity contribution < 1.29 is 14.3 Å². The molecule has 2 aliphatic rings. The van der Waals surface area contributed by atoms with Crippen LogP contribution < -0.4 is 11.1 Å². The highest BCUT2D eigenvalue weighted by Gasteiger charge is 2.50. The van der Waals surface area contributed by atoms with Gasteiger partial charge in [-0.15, -0.1) is 0 Å². The van der Waals surface area contributed by atoms with Crippen molar-refractivity contribution >= 4 is 5.91 Å². The number of ether oxygens (including phenoxy) is 2. The Morgan fingerprint density at radius 2 is 2.00 bits per heavy atom. The Bertz CT molecular complexity index is 333. The molecule has 0 aromatic carbocycles. The van der Waals surface area contributed by atoms with Crippen LogP contribution in [0.3, 0.4) is 0 Å². The highest BCUT2D eigenvalue weighted by molar-refractivity contribution is 5.85. The second-order valence-corrected chi connectivity index (χ2v) is 6.10. The number of carbonyl (C=O) groups is 1. The van der Waals surface area contributed by atoms with Gasteiger partial charge < -0.3 is 20.5 Å². The van der Waals surface area contributed by atoms with Gasteiger partial charge in [-0.25, -0.2) is 0 Å². The molecule has 2 aliphatic carbocycles. The van der Waals surface area contributed by atoms with Crippen molar-refractivity contribution in [3.63, 3.8) is 0 Å². The number of nitrogens with two attached hydrogens (primary N) is 1. The molecular formula is C15H28N2O3. The molecule has 1 amide bonds. The molecular weight excluding hydrogens is 256 g/mol. The van der Waals surface area contributed by atoms with E-state index in [1.165, 1.54) is 0 Å². The van der Waals surface area contributed by atoms with Crippen molar-refractivity contribution in [2.45, 2.75) is 63.2 Å². The maximum absolute atomic E-state index is 11.9. The fourth-order valence-electron chi connectivity index (χ4n) is 3.28. The highest BCUT2D eigenvalue weighted by atomic mass is 16.5. The summed E-state index contributed by atoms with van der Waals surface area (Å²) in [6.07, 6.45) is 6.79. The lowest BCUT2D eigenvalue weighted by Crippen LogP contribution is -2.60. The summed E-state index contributed by atoms with van der Waals surface area (Å²) in [4.78, 5) is 11.9. The summed E-state index contributed by atoms with van der Waals surface area (Å²) in [6, 6.07) is 0. The normalized spacial score (nSPS) is 29.9. The van der Waals surface area contributed by atoms with Crippen LogP contribution in [-0.2, 0) is 14.3 Å². The molecule has 5 nitrogen and oxygen atoms in total. The number of primary amides is 1. The van der Waals surface area contributed by atoms with Crippen molar-refractivity contribution in [3.8, 4) is 0 Å². The molecule has 2 saturated carbocycles. The van der Waals surface area contributed by atoms with E-state index in [0.29, 0.717) is 12.5 Å². The summed E-state index contributed by atoms with van der Waals surface area (Å²) < 4.78 is 11.5. The molecule has 3 N–H and O–H groups in total. The molecule has 0 saturated heterocycles. The molecule has 3 atom stereocenters. The third kappa shape index (κ3) is 3.51. The van der Waals surface area contributed by atoms with Crippen LogP contribution in [0.15, 0.2) is 0 Å². The van der Waals surface area contributed by atoms with Gasteiger partial charge in [0.05, 0.1) is 18.8 Å². The first-order valence-electron chi connectivity index (χ1n) is 7.81. The zero-order valence-corrected chi connectivity index (χ0v) is 12.7. The Balaban J connectivity index is 1.92. The molecule has 2 rings (SSSR count). The van der Waals surface area contributed by atoms with Crippen LogP contribution >= 0.6 is 0 Å². The minimum Gasteiger partial charge on any atom is -0.381 e. The standard InChI is InChI=1S/C15H28N2O3/c1-3-17-15(14(16)18,11-7-8-11)10-20-13-6-4-5-12(9-13)19-2/h11-13,17H,3-10H2,1-2H3,(H2,16,18). The van der Waals surface area contributed by atoms with Crippen molar-refractivity contribution in [2.24, 2.45) is 11.7 Å². The van der Waals surface area contributed by atoms with Crippen LogP contribution in [0, 0.1) is 5.92 Å². The van der Waals surface area contributed by atoms with E-state index in [9.17, 15) is 4.79 Å². The lowest BCUT2D eigenvalue weighted by molar-refractivity contribution is -0.131. The van der Waals surface area contributed by atoms with Crippen molar-refractivity contribution in [2.75, 3.05) is 20.3 Å². The number of rotatable bonds is 8. The lowest BCUT2D eigenvalue weighted by atomic mass is 9.91. The van der Waals surface area contributed by atoms with Crippen LogP contribution in [0.4, 0.5) is 0 Å². The van der Waals surface area contributed by atoms with Crippen LogP contribution in [0.25, 0.3) is 0 Å². The molecule has 0 bridgehead atoms.